The van der Waals surface area contributed by atoms with E-state index in [2.05, 4.69) is 20.4 Å². The Morgan fingerprint density at radius 1 is 1.63 bits per heavy atom. The minimum Gasteiger partial charge on any atom is -0.480 e. The summed E-state index contributed by atoms with van der Waals surface area (Å²) in [6.45, 7) is 3.68. The van der Waals surface area contributed by atoms with Crippen LogP contribution in [0, 0.1) is 5.92 Å². The summed E-state index contributed by atoms with van der Waals surface area (Å²) < 4.78 is 1.94. The number of aryl methyl sites for hydroxylation is 1. The summed E-state index contributed by atoms with van der Waals surface area (Å²) in [4.78, 5) is 12.8. The molecule has 106 valence electrons. The molecule has 2 N–H and O–H groups in total. The summed E-state index contributed by atoms with van der Waals surface area (Å²) in [7, 11) is 1.95. The van der Waals surface area contributed by atoms with Crippen molar-refractivity contribution in [1.29, 1.82) is 0 Å². The number of hydrogen-bond acceptors (Lipinski definition) is 5. The molecule has 0 aromatic carbocycles. The summed E-state index contributed by atoms with van der Waals surface area (Å²) in [6.07, 6.45) is 4.02. The van der Waals surface area contributed by atoms with Crippen molar-refractivity contribution < 1.29 is 9.90 Å². The fraction of sp³-hybridized carbons (Fsp3) is 0.750. The minimum atomic E-state index is -0.799. The van der Waals surface area contributed by atoms with E-state index in [1.165, 1.54) is 0 Å². The molecule has 7 nitrogen and oxygen atoms in total. The van der Waals surface area contributed by atoms with E-state index in [0.717, 1.165) is 44.8 Å². The number of piperidine rings is 1. The summed E-state index contributed by atoms with van der Waals surface area (Å²) in [6, 6.07) is 0. The number of hydrogen-bond donors (Lipinski definition) is 2. The monoisotopic (exact) mass is 267 g/mol. The van der Waals surface area contributed by atoms with Gasteiger partial charge in [0.15, 0.2) is 0 Å². The van der Waals surface area contributed by atoms with Crippen LogP contribution in [0.25, 0.3) is 0 Å². The molecule has 1 atom stereocenters. The Morgan fingerprint density at radius 3 is 3.16 bits per heavy atom. The zero-order valence-corrected chi connectivity index (χ0v) is 11.2. The minimum absolute atomic E-state index is 0.0415. The van der Waals surface area contributed by atoms with E-state index in [1.54, 1.807) is 6.33 Å². The second-order valence-electron chi connectivity index (χ2n) is 5.13. The molecule has 1 fully saturated rings. The standard InChI is InChI=1S/C12H21N5O2/c1-16-9-14-15-11(16)8-17-4-2-3-10(7-17)5-13-6-12(18)19/h9-10,13H,2-8H2,1H3,(H,18,19). The third-order valence-electron chi connectivity index (χ3n) is 3.48. The zero-order valence-electron chi connectivity index (χ0n) is 11.2. The van der Waals surface area contributed by atoms with Crippen molar-refractivity contribution in [3.63, 3.8) is 0 Å². The molecule has 1 saturated heterocycles. The fourth-order valence-electron chi connectivity index (χ4n) is 2.50. The van der Waals surface area contributed by atoms with E-state index in [-0.39, 0.29) is 6.54 Å². The van der Waals surface area contributed by atoms with Crippen molar-refractivity contribution in [3.8, 4) is 0 Å². The maximum Gasteiger partial charge on any atom is 0.317 e. The van der Waals surface area contributed by atoms with Crippen LogP contribution >= 0.6 is 0 Å². The van der Waals surface area contributed by atoms with Crippen molar-refractivity contribution in [2.24, 2.45) is 13.0 Å². The van der Waals surface area contributed by atoms with Gasteiger partial charge in [-0.1, -0.05) is 0 Å². The summed E-state index contributed by atoms with van der Waals surface area (Å²) in [5, 5.41) is 19.6. The number of rotatable bonds is 6. The molecule has 0 bridgehead atoms. The van der Waals surface area contributed by atoms with Crippen LogP contribution in [0.15, 0.2) is 6.33 Å². The largest absolute Gasteiger partial charge is 0.480 e. The van der Waals surface area contributed by atoms with Gasteiger partial charge in [0.1, 0.15) is 12.2 Å². The first-order chi connectivity index (χ1) is 9.15. The highest BCUT2D eigenvalue weighted by Crippen LogP contribution is 2.17. The number of carbonyl (C=O) groups is 1. The number of carboxylic acid groups (broad SMARTS) is 1. The van der Waals surface area contributed by atoms with Crippen LogP contribution in [-0.4, -0.2) is 56.9 Å². The number of likely N-dealkylation sites (tertiary alicyclic amines) is 1. The lowest BCUT2D eigenvalue weighted by Crippen LogP contribution is -2.40. The normalized spacial score (nSPS) is 20.6. The van der Waals surface area contributed by atoms with Crippen LogP contribution in [0.4, 0.5) is 0 Å². The Bertz CT molecular complexity index is 420. The Kier molecular flexibility index (Phi) is 4.86. The average Bonchev–Trinajstić information content (AvgIpc) is 2.75. The van der Waals surface area contributed by atoms with Crippen LogP contribution in [-0.2, 0) is 18.4 Å². The zero-order chi connectivity index (χ0) is 13.7. The topological polar surface area (TPSA) is 83.3 Å². The summed E-state index contributed by atoms with van der Waals surface area (Å²) in [5.41, 5.74) is 0. The Hall–Kier alpha value is -1.47. The van der Waals surface area contributed by atoms with Gasteiger partial charge in [-0.3, -0.25) is 9.69 Å². The van der Waals surface area contributed by atoms with Gasteiger partial charge in [0.25, 0.3) is 0 Å². The van der Waals surface area contributed by atoms with Crippen LogP contribution < -0.4 is 5.32 Å². The second kappa shape index (κ2) is 6.63. The maximum atomic E-state index is 10.5. The molecule has 0 amide bonds. The third-order valence-corrected chi connectivity index (χ3v) is 3.48. The molecule has 1 aliphatic rings. The van der Waals surface area contributed by atoms with Gasteiger partial charge in [-0.05, 0) is 31.8 Å². The van der Waals surface area contributed by atoms with E-state index < -0.39 is 5.97 Å². The van der Waals surface area contributed by atoms with Gasteiger partial charge in [0, 0.05) is 13.6 Å². The van der Waals surface area contributed by atoms with Gasteiger partial charge >= 0.3 is 5.97 Å². The molecular weight excluding hydrogens is 246 g/mol. The van der Waals surface area contributed by atoms with Crippen molar-refractivity contribution in [2.75, 3.05) is 26.2 Å². The predicted molar refractivity (Wildman–Crippen MR) is 69.5 cm³/mol. The number of aromatic nitrogens is 3. The highest BCUT2D eigenvalue weighted by molar-refractivity contribution is 5.68. The second-order valence-corrected chi connectivity index (χ2v) is 5.13. The molecule has 1 aliphatic heterocycles. The van der Waals surface area contributed by atoms with E-state index in [9.17, 15) is 4.79 Å². The Morgan fingerprint density at radius 2 is 2.47 bits per heavy atom. The van der Waals surface area contributed by atoms with Gasteiger partial charge in [-0.2, -0.15) is 0 Å². The fourth-order valence-corrected chi connectivity index (χ4v) is 2.50. The lowest BCUT2D eigenvalue weighted by molar-refractivity contribution is -0.136. The van der Waals surface area contributed by atoms with Gasteiger partial charge in [0.05, 0.1) is 13.1 Å². The predicted octanol–water partition coefficient (Wildman–Crippen LogP) is -0.299. The first-order valence-corrected chi connectivity index (χ1v) is 6.63. The molecule has 2 rings (SSSR count). The van der Waals surface area contributed by atoms with Crippen LogP contribution in [0.3, 0.4) is 0 Å². The first kappa shape index (κ1) is 14.0. The van der Waals surface area contributed by atoms with Crippen LogP contribution in [0.2, 0.25) is 0 Å². The molecule has 1 unspecified atom stereocenters. The maximum absolute atomic E-state index is 10.5. The molecule has 0 radical (unpaired) electrons. The highest BCUT2D eigenvalue weighted by atomic mass is 16.4. The Balaban J connectivity index is 1.77. The third kappa shape index (κ3) is 4.29. The molecule has 1 aromatic heterocycles. The molecule has 7 heteroatoms. The Labute approximate surface area is 112 Å². The van der Waals surface area contributed by atoms with Crippen molar-refractivity contribution in [1.82, 2.24) is 25.0 Å². The molecule has 1 aromatic rings. The molecule has 19 heavy (non-hydrogen) atoms. The number of carboxylic acids is 1. The van der Waals surface area contributed by atoms with Crippen LogP contribution in [0.5, 0.6) is 0 Å². The lowest BCUT2D eigenvalue weighted by Gasteiger charge is -2.32. The molecular formula is C12H21N5O2. The quantitative estimate of drug-likeness (QED) is 0.736. The highest BCUT2D eigenvalue weighted by Gasteiger charge is 2.21. The SMILES string of the molecule is Cn1cnnc1CN1CCCC(CNCC(=O)O)C1. The van der Waals surface area contributed by atoms with E-state index in [0.29, 0.717) is 5.92 Å². The number of nitrogens with zero attached hydrogens (tertiary/aromatic N) is 4. The van der Waals surface area contributed by atoms with Crippen molar-refractivity contribution in [3.05, 3.63) is 12.2 Å². The van der Waals surface area contributed by atoms with Gasteiger partial charge in [-0.25, -0.2) is 0 Å². The number of aliphatic carboxylic acids is 1. The average molecular weight is 267 g/mol. The van der Waals surface area contributed by atoms with Gasteiger partial charge in [-0.15, -0.1) is 10.2 Å². The van der Waals surface area contributed by atoms with E-state index in [4.69, 9.17) is 5.11 Å². The van der Waals surface area contributed by atoms with E-state index >= 15 is 0 Å². The van der Waals surface area contributed by atoms with Crippen LogP contribution in [0.1, 0.15) is 18.7 Å². The van der Waals surface area contributed by atoms with Gasteiger partial charge < -0.3 is 15.0 Å². The van der Waals surface area contributed by atoms with Crippen molar-refractivity contribution in [2.45, 2.75) is 19.4 Å². The van der Waals surface area contributed by atoms with Crippen molar-refractivity contribution >= 4 is 5.97 Å². The molecule has 0 spiro atoms. The number of nitrogens with one attached hydrogen (secondary N) is 1. The van der Waals surface area contributed by atoms with Gasteiger partial charge in [0.2, 0.25) is 0 Å². The van der Waals surface area contributed by atoms with E-state index in [1.807, 2.05) is 11.6 Å². The first-order valence-electron chi connectivity index (χ1n) is 6.63. The summed E-state index contributed by atoms with van der Waals surface area (Å²) in [5.74, 6) is 0.687. The summed E-state index contributed by atoms with van der Waals surface area (Å²) >= 11 is 0. The molecule has 0 saturated carbocycles. The molecule has 2 heterocycles. The smallest absolute Gasteiger partial charge is 0.317 e. The molecule has 0 aliphatic carbocycles. The lowest BCUT2D eigenvalue weighted by atomic mass is 9.98.